The molecule has 1 aromatic rings. The standard InChI is InChI=1S/C25H41N5O6/c1-15(2)13-19(22(32)28-18(25(35)36)11-7-8-12-26)29-23(33)20(14-17-9-5-4-6-10-17)30-24(34)21(27)16(3)31/h4-6,9-10,15-16,18-21,31H,7-8,11-14,26-27H2,1-3H3,(H,28,32)(H,29,33)(H,30,34)(H,35,36). The highest BCUT2D eigenvalue weighted by molar-refractivity contribution is 5.94. The van der Waals surface area contributed by atoms with Crippen LogP contribution in [0.5, 0.6) is 0 Å². The summed E-state index contributed by atoms with van der Waals surface area (Å²) in [6.07, 6.45) is 0.622. The Morgan fingerprint density at radius 2 is 1.42 bits per heavy atom. The van der Waals surface area contributed by atoms with Crippen molar-refractivity contribution in [2.75, 3.05) is 6.54 Å². The van der Waals surface area contributed by atoms with Crippen molar-refractivity contribution >= 4 is 23.7 Å². The quantitative estimate of drug-likeness (QED) is 0.147. The molecule has 3 amide bonds. The van der Waals surface area contributed by atoms with Crippen molar-refractivity contribution in [1.29, 1.82) is 0 Å². The third kappa shape index (κ3) is 11.1. The van der Waals surface area contributed by atoms with Gasteiger partial charge in [0.05, 0.1) is 6.10 Å². The van der Waals surface area contributed by atoms with Crippen LogP contribution >= 0.6 is 0 Å². The summed E-state index contributed by atoms with van der Waals surface area (Å²) in [6, 6.07) is 4.53. The summed E-state index contributed by atoms with van der Waals surface area (Å²) in [5.41, 5.74) is 12.0. The highest BCUT2D eigenvalue weighted by atomic mass is 16.4. The maximum absolute atomic E-state index is 13.3. The van der Waals surface area contributed by atoms with E-state index in [1.165, 1.54) is 6.92 Å². The van der Waals surface area contributed by atoms with E-state index in [1.54, 1.807) is 24.3 Å². The van der Waals surface area contributed by atoms with Crippen LogP contribution in [-0.4, -0.2) is 70.7 Å². The molecule has 0 aliphatic carbocycles. The first-order valence-corrected chi connectivity index (χ1v) is 12.3. The SMILES string of the molecule is CC(C)CC(NC(=O)C(Cc1ccccc1)NC(=O)C(N)C(C)O)C(=O)NC(CCCCN)C(=O)O. The molecule has 5 unspecified atom stereocenters. The van der Waals surface area contributed by atoms with Crippen LogP contribution in [0, 0.1) is 5.92 Å². The first kappa shape index (κ1) is 31.0. The van der Waals surface area contributed by atoms with Crippen molar-refractivity contribution in [1.82, 2.24) is 16.0 Å². The van der Waals surface area contributed by atoms with E-state index in [-0.39, 0.29) is 25.2 Å². The molecule has 0 fully saturated rings. The van der Waals surface area contributed by atoms with Gasteiger partial charge in [0.1, 0.15) is 24.2 Å². The minimum Gasteiger partial charge on any atom is -0.480 e. The Morgan fingerprint density at radius 3 is 1.94 bits per heavy atom. The number of rotatable bonds is 16. The Morgan fingerprint density at radius 1 is 0.861 bits per heavy atom. The number of carbonyl (C=O) groups is 4. The van der Waals surface area contributed by atoms with E-state index >= 15 is 0 Å². The largest absolute Gasteiger partial charge is 0.480 e. The topological polar surface area (TPSA) is 197 Å². The number of hydrogen-bond donors (Lipinski definition) is 7. The average molecular weight is 508 g/mol. The summed E-state index contributed by atoms with van der Waals surface area (Å²) in [4.78, 5) is 50.4. The number of nitrogens with one attached hydrogen (secondary N) is 3. The van der Waals surface area contributed by atoms with Gasteiger partial charge in [-0.2, -0.15) is 0 Å². The van der Waals surface area contributed by atoms with Gasteiger partial charge in [0, 0.05) is 6.42 Å². The first-order valence-electron chi connectivity index (χ1n) is 12.3. The van der Waals surface area contributed by atoms with Crippen LogP contribution in [0.15, 0.2) is 30.3 Å². The Kier molecular flexibility index (Phi) is 13.7. The second-order valence-corrected chi connectivity index (χ2v) is 9.39. The summed E-state index contributed by atoms with van der Waals surface area (Å²) in [5, 5.41) is 26.9. The fourth-order valence-electron chi connectivity index (χ4n) is 3.54. The molecular weight excluding hydrogens is 466 g/mol. The number of amides is 3. The summed E-state index contributed by atoms with van der Waals surface area (Å²) in [6.45, 7) is 5.52. The fourth-order valence-corrected chi connectivity index (χ4v) is 3.54. The number of nitrogens with two attached hydrogens (primary N) is 2. The molecule has 0 bridgehead atoms. The van der Waals surface area contributed by atoms with Gasteiger partial charge >= 0.3 is 5.97 Å². The second-order valence-electron chi connectivity index (χ2n) is 9.39. The molecule has 11 nitrogen and oxygen atoms in total. The van der Waals surface area contributed by atoms with E-state index in [9.17, 15) is 29.4 Å². The molecule has 0 radical (unpaired) electrons. The molecule has 0 aromatic heterocycles. The van der Waals surface area contributed by atoms with Crippen molar-refractivity contribution in [2.24, 2.45) is 17.4 Å². The number of aliphatic hydroxyl groups excluding tert-OH is 1. The van der Waals surface area contributed by atoms with Gasteiger partial charge in [-0.25, -0.2) is 4.79 Å². The van der Waals surface area contributed by atoms with Gasteiger partial charge in [-0.3, -0.25) is 14.4 Å². The molecule has 11 heteroatoms. The zero-order valence-corrected chi connectivity index (χ0v) is 21.3. The zero-order chi connectivity index (χ0) is 27.3. The van der Waals surface area contributed by atoms with Crippen molar-refractivity contribution in [3.8, 4) is 0 Å². The fraction of sp³-hybridized carbons (Fsp3) is 0.600. The summed E-state index contributed by atoms with van der Waals surface area (Å²) in [5.74, 6) is -3.12. The van der Waals surface area contributed by atoms with Crippen molar-refractivity contribution < 1.29 is 29.4 Å². The number of aliphatic carboxylic acids is 1. The van der Waals surface area contributed by atoms with Crippen molar-refractivity contribution in [3.63, 3.8) is 0 Å². The van der Waals surface area contributed by atoms with E-state index < -0.39 is 54.0 Å². The molecule has 9 N–H and O–H groups in total. The lowest BCUT2D eigenvalue weighted by Gasteiger charge is -2.26. The van der Waals surface area contributed by atoms with E-state index in [1.807, 2.05) is 19.9 Å². The van der Waals surface area contributed by atoms with E-state index in [0.29, 0.717) is 19.4 Å². The van der Waals surface area contributed by atoms with Crippen LogP contribution in [-0.2, 0) is 25.6 Å². The molecule has 0 aliphatic heterocycles. The summed E-state index contributed by atoms with van der Waals surface area (Å²) in [7, 11) is 0. The summed E-state index contributed by atoms with van der Waals surface area (Å²) < 4.78 is 0. The molecule has 1 rings (SSSR count). The minimum atomic E-state index is -1.24. The van der Waals surface area contributed by atoms with E-state index in [4.69, 9.17) is 11.5 Å². The van der Waals surface area contributed by atoms with Crippen molar-refractivity contribution in [3.05, 3.63) is 35.9 Å². The highest BCUT2D eigenvalue weighted by Crippen LogP contribution is 2.10. The minimum absolute atomic E-state index is 0.00685. The predicted molar refractivity (Wildman–Crippen MR) is 136 cm³/mol. The molecule has 5 atom stereocenters. The monoisotopic (exact) mass is 507 g/mol. The number of carboxylic acids is 1. The van der Waals surface area contributed by atoms with Crippen LogP contribution in [0.25, 0.3) is 0 Å². The number of unbranched alkanes of at least 4 members (excludes halogenated alkanes) is 1. The third-order valence-electron chi connectivity index (χ3n) is 5.64. The van der Waals surface area contributed by atoms with Gasteiger partial charge in [0.15, 0.2) is 0 Å². The lowest BCUT2D eigenvalue weighted by atomic mass is 10.00. The lowest BCUT2D eigenvalue weighted by Crippen LogP contribution is -2.58. The first-order chi connectivity index (χ1) is 17.0. The Labute approximate surface area is 212 Å². The van der Waals surface area contributed by atoms with Gasteiger partial charge < -0.3 is 37.6 Å². The molecule has 0 saturated heterocycles. The van der Waals surface area contributed by atoms with Crippen molar-refractivity contribution in [2.45, 2.75) is 83.1 Å². The maximum Gasteiger partial charge on any atom is 0.326 e. The molecule has 0 saturated carbocycles. The second kappa shape index (κ2) is 15.9. The van der Waals surface area contributed by atoms with Gasteiger partial charge in [-0.05, 0) is 50.6 Å². The molecule has 202 valence electrons. The molecule has 0 aliphatic rings. The van der Waals surface area contributed by atoms with Crippen LogP contribution in [0.2, 0.25) is 0 Å². The Hall–Kier alpha value is -3.02. The number of carboxylic acid groups (broad SMARTS) is 1. The number of aliphatic hydroxyl groups is 1. The normalized spacial score (nSPS) is 15.3. The zero-order valence-electron chi connectivity index (χ0n) is 21.3. The van der Waals surface area contributed by atoms with Gasteiger partial charge in [0.25, 0.3) is 0 Å². The van der Waals surface area contributed by atoms with Gasteiger partial charge in [-0.15, -0.1) is 0 Å². The van der Waals surface area contributed by atoms with Crippen LogP contribution in [0.4, 0.5) is 0 Å². The van der Waals surface area contributed by atoms with Crippen LogP contribution < -0.4 is 27.4 Å². The third-order valence-corrected chi connectivity index (χ3v) is 5.64. The average Bonchev–Trinajstić information content (AvgIpc) is 2.82. The maximum atomic E-state index is 13.3. The van der Waals surface area contributed by atoms with E-state index in [2.05, 4.69) is 16.0 Å². The molecule has 0 spiro atoms. The molecule has 0 heterocycles. The Balaban J connectivity index is 3.06. The molecule has 36 heavy (non-hydrogen) atoms. The van der Waals surface area contributed by atoms with Gasteiger partial charge in [0.2, 0.25) is 17.7 Å². The number of benzene rings is 1. The van der Waals surface area contributed by atoms with Gasteiger partial charge in [-0.1, -0.05) is 44.2 Å². The van der Waals surface area contributed by atoms with Crippen LogP contribution in [0.1, 0.15) is 52.0 Å². The van der Waals surface area contributed by atoms with Crippen LogP contribution in [0.3, 0.4) is 0 Å². The summed E-state index contributed by atoms with van der Waals surface area (Å²) >= 11 is 0. The predicted octanol–water partition coefficient (Wildman–Crippen LogP) is -0.349. The highest BCUT2D eigenvalue weighted by Gasteiger charge is 2.31. The number of carbonyl (C=O) groups excluding carboxylic acids is 3. The Bertz CT molecular complexity index is 849. The molecular formula is C25H41N5O6. The lowest BCUT2D eigenvalue weighted by molar-refractivity contribution is -0.142. The van der Waals surface area contributed by atoms with E-state index in [0.717, 1.165) is 5.56 Å². The molecule has 1 aromatic carbocycles. The number of hydrogen-bond acceptors (Lipinski definition) is 7. The smallest absolute Gasteiger partial charge is 0.326 e.